The molecule has 0 aromatic carbocycles. The molecular formula is C54H102N16. The van der Waals surface area contributed by atoms with Gasteiger partial charge in [0.05, 0.1) is 0 Å². The van der Waals surface area contributed by atoms with Crippen molar-refractivity contribution in [1.29, 1.82) is 0 Å². The van der Waals surface area contributed by atoms with E-state index < -0.39 is 0 Å². The fourth-order valence-corrected chi connectivity index (χ4v) is 14.2. The lowest BCUT2D eigenvalue weighted by Crippen LogP contribution is -2.64. The van der Waals surface area contributed by atoms with Crippen molar-refractivity contribution < 1.29 is 0 Å². The predicted octanol–water partition coefficient (Wildman–Crippen LogP) is 7.12. The van der Waals surface area contributed by atoms with Crippen LogP contribution in [0, 0.1) is 0 Å². The first-order chi connectivity index (χ1) is 32.1. The molecule has 16 heteroatoms. The Morgan fingerprint density at radius 1 is 0.343 bits per heavy atom. The molecule has 2 aromatic rings. The van der Waals surface area contributed by atoms with Crippen LogP contribution >= 0.6 is 0 Å². The van der Waals surface area contributed by atoms with Crippen molar-refractivity contribution in [2.45, 2.75) is 243 Å². The molecule has 0 saturated carbocycles. The fraction of sp³-hybridized carbons (Fsp3) is 0.889. The number of rotatable bonds is 19. The van der Waals surface area contributed by atoms with Gasteiger partial charge in [-0.3, -0.25) is 0 Å². The summed E-state index contributed by atoms with van der Waals surface area (Å²) in [5, 5.41) is 15.8. The van der Waals surface area contributed by atoms with Gasteiger partial charge in [0, 0.05) is 94.7 Å². The smallest absolute Gasteiger partial charge is 0.230 e. The molecule has 2 aromatic heterocycles. The molecular weight excluding hydrogens is 873 g/mol. The van der Waals surface area contributed by atoms with E-state index >= 15 is 0 Å². The Hall–Kier alpha value is -3.02. The Morgan fingerprint density at radius 2 is 0.543 bits per heavy atom. The van der Waals surface area contributed by atoms with Gasteiger partial charge in [-0.1, -0.05) is 0 Å². The summed E-state index contributed by atoms with van der Waals surface area (Å²) >= 11 is 0. The van der Waals surface area contributed by atoms with E-state index in [1.54, 1.807) is 12.7 Å². The fourth-order valence-electron chi connectivity index (χ4n) is 14.2. The zero-order chi connectivity index (χ0) is 51.9. The van der Waals surface area contributed by atoms with Gasteiger partial charge in [0.1, 0.15) is 12.7 Å². The number of anilines is 4. The SMILES string of the molecule is CN(C)CCCN(c1ncnc(N(CCN(c2ncnc(N(CCCN(C)C)C3CC(C)(C)NC(C)(C)C3)n2)C2CC(C)(C)NC(C)(C)C2)C2CC(C)(C)NC(C)(C)C2)n1)C1CC(C)(C)NC(C)(C)C1. The van der Waals surface area contributed by atoms with E-state index in [-0.39, 0.29) is 68.5 Å². The van der Waals surface area contributed by atoms with Gasteiger partial charge < -0.3 is 50.7 Å². The molecule has 0 radical (unpaired) electrons. The van der Waals surface area contributed by atoms with Crippen LogP contribution in [0.1, 0.15) is 175 Å². The maximum absolute atomic E-state index is 5.57. The predicted molar refractivity (Wildman–Crippen MR) is 293 cm³/mol. The van der Waals surface area contributed by atoms with Crippen molar-refractivity contribution in [3.63, 3.8) is 0 Å². The van der Waals surface area contributed by atoms with Crippen molar-refractivity contribution in [1.82, 2.24) is 61.0 Å². The third-order valence-corrected chi connectivity index (χ3v) is 15.1. The van der Waals surface area contributed by atoms with Crippen molar-refractivity contribution in [3.8, 4) is 0 Å². The highest BCUT2D eigenvalue weighted by Gasteiger charge is 2.46. The molecule has 4 aliphatic heterocycles. The second-order valence-corrected chi connectivity index (χ2v) is 28.1. The normalized spacial score (nSPS) is 24.1. The van der Waals surface area contributed by atoms with Gasteiger partial charge >= 0.3 is 0 Å². The van der Waals surface area contributed by atoms with Gasteiger partial charge in [-0.15, -0.1) is 0 Å². The first-order valence-corrected chi connectivity index (χ1v) is 27.0. The quantitative estimate of drug-likeness (QED) is 0.113. The summed E-state index contributed by atoms with van der Waals surface area (Å²) in [4.78, 5) is 46.1. The number of hydrogen-bond donors (Lipinski definition) is 4. The molecule has 4 fully saturated rings. The Balaban J connectivity index is 1.43. The van der Waals surface area contributed by atoms with Crippen molar-refractivity contribution in [2.24, 2.45) is 0 Å². The summed E-state index contributed by atoms with van der Waals surface area (Å²) in [6, 6.07) is 0.906. The minimum atomic E-state index is -0.0926. The van der Waals surface area contributed by atoms with Crippen LogP contribution in [0.4, 0.5) is 23.8 Å². The molecule has 0 atom stereocenters. The molecule has 0 amide bonds. The average molecular weight is 976 g/mol. The van der Waals surface area contributed by atoms with Crippen LogP contribution in [-0.4, -0.2) is 176 Å². The molecule has 0 aliphatic carbocycles. The van der Waals surface area contributed by atoms with Crippen LogP contribution in [0.2, 0.25) is 0 Å². The first-order valence-electron chi connectivity index (χ1n) is 27.0. The van der Waals surface area contributed by atoms with E-state index in [0.717, 1.165) is 114 Å². The minimum Gasteiger partial charge on any atom is -0.338 e. The largest absolute Gasteiger partial charge is 0.338 e. The molecule has 4 N–H and O–H groups in total. The Morgan fingerprint density at radius 3 is 0.743 bits per heavy atom. The maximum atomic E-state index is 5.57. The monoisotopic (exact) mass is 975 g/mol. The van der Waals surface area contributed by atoms with Gasteiger partial charge in [0.15, 0.2) is 0 Å². The number of piperidine rings is 4. The molecule has 0 bridgehead atoms. The topological polar surface area (TPSA) is 145 Å². The Bertz CT molecular complexity index is 1800. The highest BCUT2D eigenvalue weighted by atomic mass is 15.4. The van der Waals surface area contributed by atoms with Crippen LogP contribution in [0.25, 0.3) is 0 Å². The van der Waals surface area contributed by atoms with E-state index in [0.29, 0.717) is 13.1 Å². The van der Waals surface area contributed by atoms with Gasteiger partial charge in [-0.2, -0.15) is 9.97 Å². The van der Waals surface area contributed by atoms with E-state index in [2.05, 4.69) is 190 Å². The number of aromatic nitrogens is 6. The highest BCUT2D eigenvalue weighted by Crippen LogP contribution is 2.39. The lowest BCUT2D eigenvalue weighted by molar-refractivity contribution is 0.153. The van der Waals surface area contributed by atoms with Crippen LogP contribution in [0.5, 0.6) is 0 Å². The Labute approximate surface area is 426 Å². The molecule has 0 unspecified atom stereocenters. The molecule has 16 nitrogen and oxygen atoms in total. The van der Waals surface area contributed by atoms with Crippen molar-refractivity contribution in [2.75, 3.05) is 87.1 Å². The maximum Gasteiger partial charge on any atom is 0.230 e. The van der Waals surface area contributed by atoms with E-state index in [4.69, 9.17) is 29.9 Å². The van der Waals surface area contributed by atoms with Crippen LogP contribution in [0.3, 0.4) is 0 Å². The lowest BCUT2D eigenvalue weighted by atomic mass is 9.78. The first kappa shape index (κ1) is 56.3. The second-order valence-electron chi connectivity index (χ2n) is 28.1. The van der Waals surface area contributed by atoms with E-state index in [1.165, 1.54) is 0 Å². The molecule has 4 aliphatic rings. The zero-order valence-electron chi connectivity index (χ0n) is 48.1. The number of nitrogens with one attached hydrogen (secondary N) is 4. The summed E-state index contributed by atoms with van der Waals surface area (Å²) in [5.41, 5.74) is -0.479. The zero-order valence-corrected chi connectivity index (χ0v) is 48.1. The van der Waals surface area contributed by atoms with Crippen LogP contribution < -0.4 is 40.9 Å². The Kier molecular flexibility index (Phi) is 16.9. The molecule has 398 valence electrons. The highest BCUT2D eigenvalue weighted by molar-refractivity contribution is 5.44. The molecule has 6 heterocycles. The summed E-state index contributed by atoms with van der Waals surface area (Å²) in [7, 11) is 8.64. The summed E-state index contributed by atoms with van der Waals surface area (Å²) in [6.07, 6.45) is 13.4. The van der Waals surface area contributed by atoms with Gasteiger partial charge in [0.25, 0.3) is 0 Å². The summed E-state index contributed by atoms with van der Waals surface area (Å²) in [5.74, 6) is 3.05. The lowest BCUT2D eigenvalue weighted by Gasteiger charge is -2.51. The van der Waals surface area contributed by atoms with Crippen molar-refractivity contribution in [3.05, 3.63) is 12.7 Å². The third kappa shape index (κ3) is 15.7. The molecule has 6 rings (SSSR count). The van der Waals surface area contributed by atoms with Gasteiger partial charge in [0.2, 0.25) is 23.8 Å². The van der Waals surface area contributed by atoms with E-state index in [1.807, 2.05) is 0 Å². The van der Waals surface area contributed by atoms with Gasteiger partial charge in [-0.25, -0.2) is 19.9 Å². The van der Waals surface area contributed by atoms with Crippen LogP contribution in [0.15, 0.2) is 12.7 Å². The van der Waals surface area contributed by atoms with E-state index in [9.17, 15) is 0 Å². The van der Waals surface area contributed by atoms with Crippen LogP contribution in [-0.2, 0) is 0 Å². The molecule has 0 spiro atoms. The average Bonchev–Trinajstić information content (AvgIpc) is 3.15. The van der Waals surface area contributed by atoms with Crippen molar-refractivity contribution >= 4 is 23.8 Å². The molecule has 4 saturated heterocycles. The third-order valence-electron chi connectivity index (χ3n) is 15.1. The summed E-state index contributed by atoms with van der Waals surface area (Å²) in [6.45, 7) is 42.6. The standard InChI is InChI=1S/C54H102N16/c1-47(2)29-39(30-48(3,4)61-47)67(25-21-23-65(17)18)43-55-37-57-45(59-43)69(41-33-51(9,10)63-52(11,12)34-41)27-28-70(42-35-53(13,14)64-54(15,16)36-42)46-58-38-56-44(60-46)68(26-22-24-66(19)20)40-31-49(5,6)62-50(7,8)32-40/h37-42,61-64H,21-36H2,1-20H3. The van der Waals surface area contributed by atoms with Gasteiger partial charge in [-0.05, 0) is 216 Å². The number of nitrogens with zero attached hydrogens (tertiary/aromatic N) is 12. The second kappa shape index (κ2) is 21.1. The minimum absolute atomic E-state index is 0.0272. The number of hydrogen-bond acceptors (Lipinski definition) is 16. The molecule has 70 heavy (non-hydrogen) atoms. The summed E-state index contributed by atoms with van der Waals surface area (Å²) < 4.78 is 0.